The SMILES string of the molecule is O=C(CCCCCl)c1ccccc1OC(F)F. The molecule has 0 aromatic heterocycles. The molecule has 1 aromatic rings. The first-order valence-corrected chi connectivity index (χ1v) is 5.81. The van der Waals surface area contributed by atoms with Crippen molar-refractivity contribution in [2.75, 3.05) is 5.88 Å². The second-order valence-corrected chi connectivity index (χ2v) is 3.82. The van der Waals surface area contributed by atoms with Crippen LogP contribution >= 0.6 is 11.6 Å². The first kappa shape index (κ1) is 13.9. The minimum atomic E-state index is -2.92. The molecule has 0 atom stereocenters. The highest BCUT2D eigenvalue weighted by molar-refractivity contribution is 6.17. The molecule has 0 heterocycles. The minimum Gasteiger partial charge on any atom is -0.434 e. The molecule has 0 spiro atoms. The van der Waals surface area contributed by atoms with Crippen LogP contribution in [0.5, 0.6) is 5.75 Å². The van der Waals surface area contributed by atoms with E-state index in [0.717, 1.165) is 6.42 Å². The van der Waals surface area contributed by atoms with Crippen molar-refractivity contribution in [2.45, 2.75) is 25.9 Å². The summed E-state index contributed by atoms with van der Waals surface area (Å²) in [5.41, 5.74) is 0.197. The van der Waals surface area contributed by atoms with E-state index in [1.807, 2.05) is 0 Å². The van der Waals surface area contributed by atoms with Crippen LogP contribution in [0.15, 0.2) is 24.3 Å². The number of benzene rings is 1. The van der Waals surface area contributed by atoms with Gasteiger partial charge in [-0.2, -0.15) is 8.78 Å². The molecule has 0 aliphatic carbocycles. The largest absolute Gasteiger partial charge is 0.434 e. The van der Waals surface area contributed by atoms with E-state index in [1.54, 1.807) is 12.1 Å². The molecule has 0 unspecified atom stereocenters. The molecule has 2 nitrogen and oxygen atoms in total. The highest BCUT2D eigenvalue weighted by atomic mass is 35.5. The van der Waals surface area contributed by atoms with Crippen LogP contribution in [0.1, 0.15) is 29.6 Å². The van der Waals surface area contributed by atoms with Crippen molar-refractivity contribution >= 4 is 17.4 Å². The van der Waals surface area contributed by atoms with E-state index in [9.17, 15) is 13.6 Å². The number of halogens is 3. The van der Waals surface area contributed by atoms with Crippen LogP contribution < -0.4 is 4.74 Å². The van der Waals surface area contributed by atoms with Crippen molar-refractivity contribution in [3.05, 3.63) is 29.8 Å². The van der Waals surface area contributed by atoms with E-state index in [-0.39, 0.29) is 23.5 Å². The van der Waals surface area contributed by atoms with Crippen LogP contribution in [0, 0.1) is 0 Å². The van der Waals surface area contributed by atoms with Gasteiger partial charge in [-0.25, -0.2) is 0 Å². The topological polar surface area (TPSA) is 26.3 Å². The lowest BCUT2D eigenvalue weighted by Gasteiger charge is -2.09. The Hall–Kier alpha value is -1.16. The first-order chi connectivity index (χ1) is 8.15. The molecular weight excluding hydrogens is 250 g/mol. The summed E-state index contributed by atoms with van der Waals surface area (Å²) in [7, 11) is 0. The number of ether oxygens (including phenoxy) is 1. The predicted octanol–water partition coefficient (Wildman–Crippen LogP) is 3.88. The number of hydrogen-bond donors (Lipinski definition) is 0. The maximum atomic E-state index is 12.1. The summed E-state index contributed by atoms with van der Waals surface area (Å²) in [4.78, 5) is 11.8. The fourth-order valence-corrected chi connectivity index (χ4v) is 1.60. The normalized spacial score (nSPS) is 10.6. The summed E-state index contributed by atoms with van der Waals surface area (Å²) in [6, 6.07) is 6.02. The third kappa shape index (κ3) is 4.69. The molecule has 1 aromatic carbocycles. The molecule has 94 valence electrons. The predicted molar refractivity (Wildman–Crippen MR) is 62.0 cm³/mol. The van der Waals surface area contributed by atoms with Crippen LogP contribution in [-0.2, 0) is 0 Å². The zero-order chi connectivity index (χ0) is 12.7. The molecule has 0 aliphatic heterocycles. The third-order valence-electron chi connectivity index (χ3n) is 2.19. The van der Waals surface area contributed by atoms with Crippen molar-refractivity contribution in [1.82, 2.24) is 0 Å². The smallest absolute Gasteiger partial charge is 0.387 e. The number of alkyl halides is 3. The molecule has 0 radical (unpaired) electrons. The van der Waals surface area contributed by atoms with Gasteiger partial charge in [0.25, 0.3) is 0 Å². The quantitative estimate of drug-likeness (QED) is 0.423. The monoisotopic (exact) mass is 262 g/mol. The van der Waals surface area contributed by atoms with Gasteiger partial charge in [-0.3, -0.25) is 4.79 Å². The van der Waals surface area contributed by atoms with Crippen molar-refractivity contribution < 1.29 is 18.3 Å². The maximum Gasteiger partial charge on any atom is 0.387 e. The van der Waals surface area contributed by atoms with E-state index < -0.39 is 6.61 Å². The molecule has 0 bridgehead atoms. The third-order valence-corrected chi connectivity index (χ3v) is 2.46. The summed E-state index contributed by atoms with van der Waals surface area (Å²) >= 11 is 5.50. The average Bonchev–Trinajstić information content (AvgIpc) is 2.29. The average molecular weight is 263 g/mol. The van der Waals surface area contributed by atoms with Crippen LogP contribution in [0.25, 0.3) is 0 Å². The lowest BCUT2D eigenvalue weighted by Crippen LogP contribution is -2.08. The molecule has 0 saturated heterocycles. The Morgan fingerprint density at radius 3 is 2.65 bits per heavy atom. The van der Waals surface area contributed by atoms with Gasteiger partial charge in [0.15, 0.2) is 5.78 Å². The van der Waals surface area contributed by atoms with Gasteiger partial charge in [-0.15, -0.1) is 11.6 Å². The van der Waals surface area contributed by atoms with Gasteiger partial charge in [0.05, 0.1) is 5.56 Å². The Bertz CT molecular complexity index is 369. The fourth-order valence-electron chi connectivity index (χ4n) is 1.41. The Labute approximate surface area is 104 Å². The van der Waals surface area contributed by atoms with E-state index in [2.05, 4.69) is 4.74 Å². The zero-order valence-electron chi connectivity index (χ0n) is 9.17. The number of Topliss-reactive ketones (excluding diaryl/α,β-unsaturated/α-hetero) is 1. The van der Waals surface area contributed by atoms with Crippen LogP contribution in [0.2, 0.25) is 0 Å². The molecule has 0 fully saturated rings. The second-order valence-electron chi connectivity index (χ2n) is 3.44. The Balaban J connectivity index is 2.71. The maximum absolute atomic E-state index is 12.1. The van der Waals surface area contributed by atoms with Gasteiger partial charge >= 0.3 is 6.61 Å². The van der Waals surface area contributed by atoms with E-state index in [4.69, 9.17) is 11.6 Å². The Morgan fingerprint density at radius 2 is 2.00 bits per heavy atom. The van der Waals surface area contributed by atoms with Crippen molar-refractivity contribution in [2.24, 2.45) is 0 Å². The summed E-state index contributed by atoms with van der Waals surface area (Å²) in [5, 5.41) is 0. The van der Waals surface area contributed by atoms with Crippen LogP contribution in [0.4, 0.5) is 8.78 Å². The van der Waals surface area contributed by atoms with Gasteiger partial charge in [0.1, 0.15) is 5.75 Å². The molecule has 5 heteroatoms. The van der Waals surface area contributed by atoms with Crippen LogP contribution in [0.3, 0.4) is 0 Å². The minimum absolute atomic E-state index is 0.0710. The van der Waals surface area contributed by atoms with Crippen LogP contribution in [-0.4, -0.2) is 18.3 Å². The van der Waals surface area contributed by atoms with Crippen molar-refractivity contribution in [3.63, 3.8) is 0 Å². The van der Waals surface area contributed by atoms with Gasteiger partial charge in [-0.1, -0.05) is 12.1 Å². The lowest BCUT2D eigenvalue weighted by molar-refractivity contribution is -0.0501. The van der Waals surface area contributed by atoms with Gasteiger partial charge in [-0.05, 0) is 25.0 Å². The van der Waals surface area contributed by atoms with Crippen molar-refractivity contribution in [1.29, 1.82) is 0 Å². The summed E-state index contributed by atoms with van der Waals surface area (Å²) in [6.45, 7) is -2.92. The highest BCUT2D eigenvalue weighted by Gasteiger charge is 2.14. The second kappa shape index (κ2) is 7.22. The summed E-state index contributed by atoms with van der Waals surface area (Å²) in [5.74, 6) is 0.215. The van der Waals surface area contributed by atoms with Crippen molar-refractivity contribution in [3.8, 4) is 5.75 Å². The molecule has 0 amide bonds. The summed E-state index contributed by atoms with van der Waals surface area (Å²) in [6.07, 6.45) is 1.66. The lowest BCUT2D eigenvalue weighted by atomic mass is 10.0. The molecular formula is C12H13ClF2O2. The zero-order valence-corrected chi connectivity index (χ0v) is 9.92. The first-order valence-electron chi connectivity index (χ1n) is 5.28. The number of carbonyl (C=O) groups is 1. The van der Waals surface area contributed by atoms with E-state index in [0.29, 0.717) is 12.3 Å². The molecule has 0 N–H and O–H groups in total. The van der Waals surface area contributed by atoms with E-state index >= 15 is 0 Å². The number of para-hydroxylation sites is 1. The van der Waals surface area contributed by atoms with E-state index in [1.165, 1.54) is 12.1 Å². The van der Waals surface area contributed by atoms with Gasteiger partial charge in [0, 0.05) is 12.3 Å². The number of hydrogen-bond acceptors (Lipinski definition) is 2. The molecule has 1 rings (SSSR count). The number of rotatable bonds is 7. The number of carbonyl (C=O) groups excluding carboxylic acids is 1. The molecule has 17 heavy (non-hydrogen) atoms. The molecule has 0 saturated carbocycles. The summed E-state index contributed by atoms with van der Waals surface area (Å²) < 4.78 is 28.5. The van der Waals surface area contributed by atoms with Gasteiger partial charge in [0.2, 0.25) is 0 Å². The Kier molecular flexibility index (Phi) is 5.91. The highest BCUT2D eigenvalue weighted by Crippen LogP contribution is 2.22. The fraction of sp³-hybridized carbons (Fsp3) is 0.417. The standard InChI is InChI=1S/C12H13ClF2O2/c13-8-4-3-6-10(16)9-5-1-2-7-11(9)17-12(14)15/h1-2,5,7,12H,3-4,6,8H2. The van der Waals surface area contributed by atoms with Gasteiger partial charge < -0.3 is 4.74 Å². The number of ketones is 1. The number of unbranched alkanes of at least 4 members (excludes halogenated alkanes) is 1. The Morgan fingerprint density at radius 1 is 1.29 bits per heavy atom. The molecule has 0 aliphatic rings.